The highest BCUT2D eigenvalue weighted by Gasteiger charge is 2.01. The second-order valence-corrected chi connectivity index (χ2v) is 2.42. The molecule has 1 heterocycles. The monoisotopic (exact) mass is 157 g/mol. The van der Waals surface area contributed by atoms with Crippen molar-refractivity contribution < 1.29 is 5.11 Å². The van der Waals surface area contributed by atoms with Crippen molar-refractivity contribution in [3.05, 3.63) is 28.5 Å². The second kappa shape index (κ2) is 2.99. The minimum atomic E-state index is -0.0431. The van der Waals surface area contributed by atoms with Crippen molar-refractivity contribution >= 4 is 11.6 Å². The predicted molar refractivity (Wildman–Crippen MR) is 39.9 cm³/mol. The fraction of sp³-hybridized carbons (Fsp3) is 0.286. The zero-order valence-corrected chi connectivity index (χ0v) is 6.39. The number of nitrogens with zero attached hydrogens (tertiary/aromatic N) is 1. The third kappa shape index (κ3) is 1.28. The minimum Gasteiger partial charge on any atom is -0.392 e. The molecular weight excluding hydrogens is 150 g/mol. The summed E-state index contributed by atoms with van der Waals surface area (Å²) in [7, 11) is 0. The summed E-state index contributed by atoms with van der Waals surface area (Å²) in [6.45, 7) is 1.77. The van der Waals surface area contributed by atoms with E-state index in [9.17, 15) is 0 Å². The molecule has 0 spiro atoms. The molecule has 1 aromatic heterocycles. The zero-order valence-electron chi connectivity index (χ0n) is 5.63. The summed E-state index contributed by atoms with van der Waals surface area (Å²) in [5, 5.41) is 9.35. The van der Waals surface area contributed by atoms with Gasteiger partial charge in [-0.1, -0.05) is 11.6 Å². The van der Waals surface area contributed by atoms with Crippen LogP contribution in [-0.4, -0.2) is 10.1 Å². The molecule has 0 atom stereocenters. The van der Waals surface area contributed by atoms with Gasteiger partial charge in [-0.15, -0.1) is 0 Å². The maximum Gasteiger partial charge on any atom is 0.0714 e. The van der Waals surface area contributed by atoms with E-state index in [2.05, 4.69) is 4.98 Å². The maximum absolute atomic E-state index is 8.77. The number of rotatable bonds is 1. The van der Waals surface area contributed by atoms with Crippen LogP contribution in [0.4, 0.5) is 0 Å². The molecule has 0 aliphatic carbocycles. The molecule has 0 aromatic carbocycles. The van der Waals surface area contributed by atoms with Crippen LogP contribution in [-0.2, 0) is 6.61 Å². The van der Waals surface area contributed by atoms with Crippen molar-refractivity contribution in [2.75, 3.05) is 0 Å². The molecule has 1 aromatic rings. The van der Waals surface area contributed by atoms with E-state index in [4.69, 9.17) is 16.7 Å². The third-order valence-corrected chi connectivity index (χ3v) is 1.73. The van der Waals surface area contributed by atoms with Gasteiger partial charge in [0.15, 0.2) is 0 Å². The van der Waals surface area contributed by atoms with Gasteiger partial charge in [-0.25, -0.2) is 0 Å². The van der Waals surface area contributed by atoms with Gasteiger partial charge in [-0.2, -0.15) is 0 Å². The van der Waals surface area contributed by atoms with E-state index in [0.29, 0.717) is 10.6 Å². The average molecular weight is 158 g/mol. The van der Waals surface area contributed by atoms with Gasteiger partial charge >= 0.3 is 0 Å². The quantitative estimate of drug-likeness (QED) is 0.671. The topological polar surface area (TPSA) is 33.1 Å². The molecule has 0 saturated carbocycles. The van der Waals surface area contributed by atoms with Gasteiger partial charge in [0.05, 0.1) is 6.61 Å². The summed E-state index contributed by atoms with van der Waals surface area (Å²) in [4.78, 5) is 3.97. The summed E-state index contributed by atoms with van der Waals surface area (Å²) >= 11 is 5.73. The molecule has 2 nitrogen and oxygen atoms in total. The molecule has 0 radical (unpaired) electrons. The smallest absolute Gasteiger partial charge is 0.0714 e. The van der Waals surface area contributed by atoms with Gasteiger partial charge in [-0.3, -0.25) is 4.98 Å². The fourth-order valence-electron chi connectivity index (χ4n) is 0.756. The van der Waals surface area contributed by atoms with Gasteiger partial charge in [-0.05, 0) is 13.0 Å². The summed E-state index contributed by atoms with van der Waals surface area (Å²) in [5.41, 5.74) is 1.50. The normalized spacial score (nSPS) is 9.90. The highest BCUT2D eigenvalue weighted by atomic mass is 35.5. The molecule has 0 unspecified atom stereocenters. The fourth-order valence-corrected chi connectivity index (χ4v) is 1.01. The van der Waals surface area contributed by atoms with Gasteiger partial charge < -0.3 is 5.11 Å². The van der Waals surface area contributed by atoms with Crippen LogP contribution in [0.5, 0.6) is 0 Å². The third-order valence-electron chi connectivity index (χ3n) is 1.37. The first-order valence-corrected chi connectivity index (χ1v) is 3.34. The molecule has 54 valence electrons. The lowest BCUT2D eigenvalue weighted by atomic mass is 10.2. The maximum atomic E-state index is 8.77. The lowest BCUT2D eigenvalue weighted by molar-refractivity contribution is 0.280. The average Bonchev–Trinajstić information content (AvgIpc) is 1.88. The number of aryl methyl sites for hydroxylation is 1. The van der Waals surface area contributed by atoms with Crippen LogP contribution in [0, 0.1) is 6.92 Å². The standard InChI is InChI=1S/C7H8ClNO/c1-5-6(4-10)7(8)2-3-9-5/h2-3,10H,4H2,1H3. The Hall–Kier alpha value is -0.600. The van der Waals surface area contributed by atoms with E-state index in [1.54, 1.807) is 12.3 Å². The largest absolute Gasteiger partial charge is 0.392 e. The molecule has 0 aliphatic heterocycles. The second-order valence-electron chi connectivity index (χ2n) is 2.01. The number of aliphatic hydroxyl groups is 1. The van der Waals surface area contributed by atoms with E-state index in [1.807, 2.05) is 6.92 Å². The first-order valence-electron chi connectivity index (χ1n) is 2.96. The van der Waals surface area contributed by atoms with Crippen molar-refractivity contribution in [2.24, 2.45) is 0 Å². The van der Waals surface area contributed by atoms with Gasteiger partial charge in [0, 0.05) is 22.5 Å². The zero-order chi connectivity index (χ0) is 7.56. The van der Waals surface area contributed by atoms with Gasteiger partial charge in [0.1, 0.15) is 0 Å². The Morgan fingerprint density at radius 1 is 1.70 bits per heavy atom. The molecule has 3 heteroatoms. The Kier molecular flexibility index (Phi) is 2.25. The Morgan fingerprint density at radius 2 is 2.40 bits per heavy atom. The van der Waals surface area contributed by atoms with Crippen LogP contribution in [0.2, 0.25) is 5.02 Å². The molecule has 0 fully saturated rings. The summed E-state index contributed by atoms with van der Waals surface area (Å²) < 4.78 is 0. The Labute approximate surface area is 64.5 Å². The van der Waals surface area contributed by atoms with Crippen LogP contribution in [0.3, 0.4) is 0 Å². The van der Waals surface area contributed by atoms with Crippen LogP contribution < -0.4 is 0 Å². The number of hydrogen-bond acceptors (Lipinski definition) is 2. The van der Waals surface area contributed by atoms with Gasteiger partial charge in [0.2, 0.25) is 0 Å². The summed E-state index contributed by atoms with van der Waals surface area (Å²) in [6.07, 6.45) is 1.62. The van der Waals surface area contributed by atoms with Crippen LogP contribution >= 0.6 is 11.6 Å². The Bertz CT molecular complexity index is 217. The first kappa shape index (κ1) is 7.51. The molecule has 0 amide bonds. The van der Waals surface area contributed by atoms with Crippen LogP contribution in [0.1, 0.15) is 11.3 Å². The molecule has 1 rings (SSSR count). The van der Waals surface area contributed by atoms with E-state index in [0.717, 1.165) is 5.69 Å². The highest BCUT2D eigenvalue weighted by Crippen LogP contribution is 2.16. The molecule has 10 heavy (non-hydrogen) atoms. The number of halogens is 1. The minimum absolute atomic E-state index is 0.0431. The van der Waals surface area contributed by atoms with E-state index < -0.39 is 0 Å². The van der Waals surface area contributed by atoms with Crippen molar-refractivity contribution in [3.63, 3.8) is 0 Å². The molecule has 1 N–H and O–H groups in total. The number of aliphatic hydroxyl groups excluding tert-OH is 1. The summed E-state index contributed by atoms with van der Waals surface area (Å²) in [5.74, 6) is 0. The van der Waals surface area contributed by atoms with Crippen LogP contribution in [0.25, 0.3) is 0 Å². The van der Waals surface area contributed by atoms with Crippen molar-refractivity contribution in [3.8, 4) is 0 Å². The molecule has 0 saturated heterocycles. The SMILES string of the molecule is Cc1nccc(Cl)c1CO. The molecule has 0 aliphatic rings. The van der Waals surface area contributed by atoms with E-state index >= 15 is 0 Å². The first-order chi connectivity index (χ1) is 4.75. The number of hydrogen-bond donors (Lipinski definition) is 1. The molecular formula is C7H8ClNO. The van der Waals surface area contributed by atoms with Crippen LogP contribution in [0.15, 0.2) is 12.3 Å². The van der Waals surface area contributed by atoms with Crippen molar-refractivity contribution in [1.82, 2.24) is 4.98 Å². The summed E-state index contributed by atoms with van der Waals surface area (Å²) in [6, 6.07) is 1.67. The lowest BCUT2D eigenvalue weighted by Crippen LogP contribution is -1.92. The predicted octanol–water partition coefficient (Wildman–Crippen LogP) is 1.54. The van der Waals surface area contributed by atoms with E-state index in [-0.39, 0.29) is 6.61 Å². The number of aromatic nitrogens is 1. The van der Waals surface area contributed by atoms with Gasteiger partial charge in [0.25, 0.3) is 0 Å². The van der Waals surface area contributed by atoms with E-state index in [1.165, 1.54) is 0 Å². The highest BCUT2D eigenvalue weighted by molar-refractivity contribution is 6.31. The van der Waals surface area contributed by atoms with Crippen molar-refractivity contribution in [2.45, 2.75) is 13.5 Å². The molecule has 0 bridgehead atoms. The Balaban J connectivity index is 3.17. The van der Waals surface area contributed by atoms with Crippen molar-refractivity contribution in [1.29, 1.82) is 0 Å². The Morgan fingerprint density at radius 3 is 2.80 bits per heavy atom. The number of pyridine rings is 1. The lowest BCUT2D eigenvalue weighted by Gasteiger charge is -2.01.